The van der Waals surface area contributed by atoms with E-state index in [2.05, 4.69) is 18.7 Å². The molecular weight excluding hydrogens is 158 g/mol. The maximum Gasteiger partial charge on any atom is 0.0362 e. The zero-order chi connectivity index (χ0) is 8.27. The Morgan fingerprint density at radius 1 is 1.55 bits per heavy atom. The number of nitrogens with zero attached hydrogens (tertiary/aromatic N) is 1. The molecule has 0 radical (unpaired) electrons. The number of rotatable bonds is 1. The molecule has 2 unspecified atom stereocenters. The first-order valence-electron chi connectivity index (χ1n) is 4.33. The van der Waals surface area contributed by atoms with E-state index in [1.54, 1.807) is 0 Å². The van der Waals surface area contributed by atoms with Crippen molar-refractivity contribution in [2.24, 2.45) is 0 Å². The lowest BCUT2D eigenvalue weighted by molar-refractivity contribution is 0.233. The van der Waals surface area contributed by atoms with Crippen LogP contribution in [0.25, 0.3) is 0 Å². The lowest BCUT2D eigenvalue weighted by Crippen LogP contribution is -2.33. The summed E-state index contributed by atoms with van der Waals surface area (Å²) in [4.78, 5) is 2.41. The Morgan fingerprint density at radius 3 is 2.91 bits per heavy atom. The third kappa shape index (κ3) is 2.56. The van der Waals surface area contributed by atoms with Gasteiger partial charge in [0, 0.05) is 34.9 Å². The quantitative estimate of drug-likeness (QED) is 0.589. The molecule has 0 bridgehead atoms. The molecule has 0 spiro atoms. The highest BCUT2D eigenvalue weighted by atomic mass is 32.2. The van der Waals surface area contributed by atoms with E-state index in [0.717, 1.165) is 31.0 Å². The molecule has 0 saturated carbocycles. The Bertz CT molecular complexity index is 149. The Kier molecular flexibility index (Phi) is 3.52. The molecule has 2 nitrogen and oxygen atoms in total. The molecule has 66 valence electrons. The Hall–Kier alpha value is 0.110. The van der Waals surface area contributed by atoms with E-state index in [-0.39, 0.29) is 0 Å². The van der Waals surface area contributed by atoms with Crippen LogP contribution in [-0.2, 0) is 10.8 Å². The van der Waals surface area contributed by atoms with Crippen LogP contribution in [0.15, 0.2) is 0 Å². The van der Waals surface area contributed by atoms with E-state index in [9.17, 15) is 4.21 Å². The van der Waals surface area contributed by atoms with Crippen molar-refractivity contribution in [2.75, 3.05) is 24.6 Å². The normalized spacial score (nSPS) is 35.1. The maximum absolute atomic E-state index is 11.2. The molecular formula is C8H17NOS. The average Bonchev–Trinajstić information content (AvgIpc) is 2.15. The highest BCUT2D eigenvalue weighted by Gasteiger charge is 2.17. The standard InChI is InChI=1S/C8H17NOS/c1-3-9-5-7-11(10)6-4-8(9)2/h8H,3-7H2,1-2H3. The van der Waals surface area contributed by atoms with Crippen LogP contribution in [0.2, 0.25) is 0 Å². The zero-order valence-corrected chi connectivity index (χ0v) is 8.19. The summed E-state index contributed by atoms with van der Waals surface area (Å²) in [5, 5.41) is 0. The van der Waals surface area contributed by atoms with Crippen LogP contribution in [0.4, 0.5) is 0 Å². The number of hydrogen-bond donors (Lipinski definition) is 0. The first-order chi connectivity index (χ1) is 5.24. The van der Waals surface area contributed by atoms with Crippen LogP contribution in [0.1, 0.15) is 20.3 Å². The molecule has 0 aromatic carbocycles. The second kappa shape index (κ2) is 4.21. The molecule has 0 aromatic rings. The summed E-state index contributed by atoms with van der Waals surface area (Å²) in [6.45, 7) is 6.51. The SMILES string of the molecule is CCN1CCS(=O)CCC1C. The summed E-state index contributed by atoms with van der Waals surface area (Å²) in [6.07, 6.45) is 1.10. The molecule has 0 N–H and O–H groups in total. The van der Waals surface area contributed by atoms with Gasteiger partial charge in [0.15, 0.2) is 0 Å². The third-order valence-corrected chi connectivity index (χ3v) is 3.73. The van der Waals surface area contributed by atoms with Gasteiger partial charge in [-0.05, 0) is 19.9 Å². The highest BCUT2D eigenvalue weighted by molar-refractivity contribution is 7.85. The van der Waals surface area contributed by atoms with E-state index in [1.807, 2.05) is 0 Å². The monoisotopic (exact) mass is 175 g/mol. The van der Waals surface area contributed by atoms with Gasteiger partial charge >= 0.3 is 0 Å². The molecule has 1 saturated heterocycles. The summed E-state index contributed by atoms with van der Waals surface area (Å²) in [5.41, 5.74) is 0. The highest BCUT2D eigenvalue weighted by Crippen LogP contribution is 2.08. The van der Waals surface area contributed by atoms with Crippen molar-refractivity contribution in [2.45, 2.75) is 26.3 Å². The number of hydrogen-bond acceptors (Lipinski definition) is 2. The van der Waals surface area contributed by atoms with Gasteiger partial charge in [-0.1, -0.05) is 6.92 Å². The van der Waals surface area contributed by atoms with Gasteiger partial charge in [0.1, 0.15) is 0 Å². The smallest absolute Gasteiger partial charge is 0.0362 e. The maximum atomic E-state index is 11.2. The van der Waals surface area contributed by atoms with Crippen LogP contribution in [0, 0.1) is 0 Å². The molecule has 2 atom stereocenters. The van der Waals surface area contributed by atoms with Crippen LogP contribution >= 0.6 is 0 Å². The fourth-order valence-corrected chi connectivity index (χ4v) is 2.74. The van der Waals surface area contributed by atoms with E-state index >= 15 is 0 Å². The summed E-state index contributed by atoms with van der Waals surface area (Å²) in [6, 6.07) is 0.631. The van der Waals surface area contributed by atoms with Gasteiger partial charge in [-0.15, -0.1) is 0 Å². The summed E-state index contributed by atoms with van der Waals surface area (Å²) >= 11 is 0. The van der Waals surface area contributed by atoms with Crippen molar-refractivity contribution in [3.8, 4) is 0 Å². The van der Waals surface area contributed by atoms with Crippen LogP contribution in [0.3, 0.4) is 0 Å². The van der Waals surface area contributed by atoms with Crippen LogP contribution in [-0.4, -0.2) is 39.7 Å². The van der Waals surface area contributed by atoms with Crippen molar-refractivity contribution >= 4 is 10.8 Å². The van der Waals surface area contributed by atoms with Gasteiger partial charge in [0.25, 0.3) is 0 Å². The zero-order valence-electron chi connectivity index (χ0n) is 7.38. The van der Waals surface area contributed by atoms with Crippen molar-refractivity contribution in [3.63, 3.8) is 0 Å². The fraction of sp³-hybridized carbons (Fsp3) is 1.00. The fourth-order valence-electron chi connectivity index (χ4n) is 1.50. The molecule has 1 heterocycles. The van der Waals surface area contributed by atoms with Gasteiger partial charge in [-0.25, -0.2) is 0 Å². The molecule has 0 aliphatic carbocycles. The molecule has 0 aromatic heterocycles. The Morgan fingerprint density at radius 2 is 2.27 bits per heavy atom. The predicted molar refractivity (Wildman–Crippen MR) is 49.2 cm³/mol. The van der Waals surface area contributed by atoms with Gasteiger partial charge < -0.3 is 0 Å². The second-order valence-corrected chi connectivity index (χ2v) is 4.81. The average molecular weight is 175 g/mol. The minimum absolute atomic E-state index is 0.542. The van der Waals surface area contributed by atoms with Crippen molar-refractivity contribution in [1.29, 1.82) is 0 Å². The first-order valence-corrected chi connectivity index (χ1v) is 5.82. The third-order valence-electron chi connectivity index (χ3n) is 2.40. The Labute approximate surface area is 71.4 Å². The van der Waals surface area contributed by atoms with E-state index < -0.39 is 10.8 Å². The lowest BCUT2D eigenvalue weighted by atomic mass is 10.2. The summed E-state index contributed by atoms with van der Waals surface area (Å²) < 4.78 is 11.2. The van der Waals surface area contributed by atoms with Gasteiger partial charge in [0.2, 0.25) is 0 Å². The van der Waals surface area contributed by atoms with E-state index in [0.29, 0.717) is 6.04 Å². The predicted octanol–water partition coefficient (Wildman–Crippen LogP) is 0.849. The van der Waals surface area contributed by atoms with Gasteiger partial charge in [0.05, 0.1) is 0 Å². The van der Waals surface area contributed by atoms with Crippen molar-refractivity contribution < 1.29 is 4.21 Å². The lowest BCUT2D eigenvalue weighted by Gasteiger charge is -2.24. The topological polar surface area (TPSA) is 20.3 Å². The molecule has 1 aliphatic heterocycles. The van der Waals surface area contributed by atoms with Crippen LogP contribution < -0.4 is 0 Å². The Balaban J connectivity index is 2.48. The summed E-state index contributed by atoms with van der Waals surface area (Å²) in [5.74, 6) is 1.77. The van der Waals surface area contributed by atoms with Gasteiger partial charge in [-0.3, -0.25) is 9.11 Å². The van der Waals surface area contributed by atoms with Gasteiger partial charge in [-0.2, -0.15) is 0 Å². The van der Waals surface area contributed by atoms with E-state index in [1.165, 1.54) is 0 Å². The van der Waals surface area contributed by atoms with Crippen LogP contribution in [0.5, 0.6) is 0 Å². The first kappa shape index (κ1) is 9.20. The molecule has 3 heteroatoms. The van der Waals surface area contributed by atoms with E-state index in [4.69, 9.17) is 0 Å². The second-order valence-electron chi connectivity index (χ2n) is 3.11. The summed E-state index contributed by atoms with van der Waals surface area (Å²) in [7, 11) is -0.542. The molecule has 0 amide bonds. The molecule has 1 rings (SSSR count). The minimum Gasteiger partial charge on any atom is -0.300 e. The van der Waals surface area contributed by atoms with Crippen molar-refractivity contribution in [1.82, 2.24) is 4.90 Å². The molecule has 1 fully saturated rings. The van der Waals surface area contributed by atoms with Crippen molar-refractivity contribution in [3.05, 3.63) is 0 Å². The minimum atomic E-state index is -0.542. The molecule has 1 aliphatic rings. The largest absolute Gasteiger partial charge is 0.300 e. The molecule has 11 heavy (non-hydrogen) atoms.